The van der Waals surface area contributed by atoms with E-state index in [0.29, 0.717) is 55.2 Å². The number of likely N-dealkylation sites (tertiary alicyclic amines) is 1. The van der Waals surface area contributed by atoms with Crippen LogP contribution >= 0.6 is 11.6 Å². The van der Waals surface area contributed by atoms with E-state index in [-0.39, 0.29) is 12.0 Å². The predicted molar refractivity (Wildman–Crippen MR) is 101 cm³/mol. The van der Waals surface area contributed by atoms with Gasteiger partial charge in [0.1, 0.15) is 5.75 Å². The summed E-state index contributed by atoms with van der Waals surface area (Å²) in [5.74, 6) is 0.489. The predicted octanol–water partition coefficient (Wildman–Crippen LogP) is 2.89. The van der Waals surface area contributed by atoms with E-state index in [0.717, 1.165) is 12.8 Å². The molecule has 0 radical (unpaired) electrons. The van der Waals surface area contributed by atoms with Gasteiger partial charge in [-0.15, -0.1) is 0 Å². The van der Waals surface area contributed by atoms with Crippen molar-refractivity contribution in [1.82, 2.24) is 10.2 Å². The zero-order valence-corrected chi connectivity index (χ0v) is 16.0. The van der Waals surface area contributed by atoms with Crippen LogP contribution in [0.1, 0.15) is 26.2 Å². The third kappa shape index (κ3) is 6.07. The second-order valence-electron chi connectivity index (χ2n) is 6.06. The van der Waals surface area contributed by atoms with Crippen LogP contribution in [-0.4, -0.2) is 56.3 Å². The lowest BCUT2D eigenvalue weighted by Gasteiger charge is -2.31. The molecular weight excluding hydrogens is 358 g/mol. The second kappa shape index (κ2) is 10.2. The van der Waals surface area contributed by atoms with Crippen molar-refractivity contribution in [3.8, 4) is 5.75 Å². The number of ether oxygens (including phenoxy) is 2. The Kier molecular flexibility index (Phi) is 8.00. The number of hydrogen-bond donors (Lipinski definition) is 2. The number of piperidine rings is 1. The van der Waals surface area contributed by atoms with E-state index in [2.05, 4.69) is 10.6 Å². The van der Waals surface area contributed by atoms with E-state index in [9.17, 15) is 9.59 Å². The summed E-state index contributed by atoms with van der Waals surface area (Å²) in [6.07, 6.45) is 1.83. The largest absolute Gasteiger partial charge is 0.495 e. The number of anilines is 1. The first-order chi connectivity index (χ1) is 12.5. The molecule has 1 aromatic carbocycles. The van der Waals surface area contributed by atoms with Crippen molar-refractivity contribution in [3.63, 3.8) is 0 Å². The monoisotopic (exact) mass is 383 g/mol. The van der Waals surface area contributed by atoms with Crippen molar-refractivity contribution in [2.75, 3.05) is 38.7 Å². The Hall–Kier alpha value is -1.99. The van der Waals surface area contributed by atoms with Crippen LogP contribution in [0.15, 0.2) is 18.2 Å². The third-order valence-corrected chi connectivity index (χ3v) is 4.54. The SMILES string of the molecule is CCOC(=O)N1CCC(NCCC(=O)Nc2ccc(OC)c(Cl)c2)CC1. The molecule has 1 aromatic rings. The summed E-state index contributed by atoms with van der Waals surface area (Å²) < 4.78 is 10.1. The van der Waals surface area contributed by atoms with Gasteiger partial charge in [0.25, 0.3) is 0 Å². The molecule has 0 spiro atoms. The number of benzene rings is 1. The van der Waals surface area contributed by atoms with Crippen molar-refractivity contribution in [1.29, 1.82) is 0 Å². The summed E-state index contributed by atoms with van der Waals surface area (Å²) in [6.45, 7) is 4.13. The number of rotatable bonds is 7. The highest BCUT2D eigenvalue weighted by atomic mass is 35.5. The minimum absolute atomic E-state index is 0.0808. The fourth-order valence-corrected chi connectivity index (χ4v) is 3.10. The topological polar surface area (TPSA) is 79.9 Å². The smallest absolute Gasteiger partial charge is 0.409 e. The fourth-order valence-electron chi connectivity index (χ4n) is 2.84. The number of methoxy groups -OCH3 is 1. The number of carbonyl (C=O) groups is 2. The van der Waals surface area contributed by atoms with Crippen molar-refractivity contribution < 1.29 is 19.1 Å². The van der Waals surface area contributed by atoms with Crippen LogP contribution in [0.4, 0.5) is 10.5 Å². The lowest BCUT2D eigenvalue weighted by atomic mass is 10.1. The van der Waals surface area contributed by atoms with E-state index in [1.54, 1.807) is 37.1 Å². The standard InChI is InChI=1S/C18H26ClN3O4/c1-3-26-18(24)22-10-7-13(8-11-22)20-9-6-17(23)21-14-4-5-16(25-2)15(19)12-14/h4-5,12-13,20H,3,6-11H2,1-2H3,(H,21,23). The molecule has 2 amide bonds. The minimum atomic E-state index is -0.247. The zero-order valence-electron chi connectivity index (χ0n) is 15.2. The zero-order chi connectivity index (χ0) is 18.9. The van der Waals surface area contributed by atoms with Crippen LogP contribution in [0.5, 0.6) is 5.75 Å². The maximum absolute atomic E-state index is 12.0. The summed E-state index contributed by atoms with van der Waals surface area (Å²) in [7, 11) is 1.54. The highest BCUT2D eigenvalue weighted by molar-refractivity contribution is 6.32. The van der Waals surface area contributed by atoms with E-state index >= 15 is 0 Å². The van der Waals surface area contributed by atoms with E-state index in [4.69, 9.17) is 21.1 Å². The molecule has 0 aliphatic carbocycles. The molecule has 1 aliphatic heterocycles. The number of hydrogen-bond acceptors (Lipinski definition) is 5. The van der Waals surface area contributed by atoms with Gasteiger partial charge in [-0.1, -0.05) is 11.6 Å². The molecule has 1 aliphatic rings. The number of halogens is 1. The van der Waals surface area contributed by atoms with Crippen molar-refractivity contribution in [3.05, 3.63) is 23.2 Å². The summed E-state index contributed by atoms with van der Waals surface area (Å²) in [5, 5.41) is 6.65. The highest BCUT2D eigenvalue weighted by Crippen LogP contribution is 2.27. The first-order valence-electron chi connectivity index (χ1n) is 8.82. The highest BCUT2D eigenvalue weighted by Gasteiger charge is 2.23. The number of nitrogens with zero attached hydrogens (tertiary/aromatic N) is 1. The van der Waals surface area contributed by atoms with Gasteiger partial charge in [0, 0.05) is 37.8 Å². The van der Waals surface area contributed by atoms with Gasteiger partial charge in [-0.3, -0.25) is 4.79 Å². The van der Waals surface area contributed by atoms with Crippen molar-refractivity contribution >= 4 is 29.3 Å². The number of carbonyl (C=O) groups excluding carboxylic acids is 2. The molecule has 0 saturated carbocycles. The molecule has 144 valence electrons. The molecule has 0 aromatic heterocycles. The minimum Gasteiger partial charge on any atom is -0.495 e. The van der Waals surface area contributed by atoms with E-state index in [1.165, 1.54) is 0 Å². The van der Waals surface area contributed by atoms with Crippen LogP contribution < -0.4 is 15.4 Å². The third-order valence-electron chi connectivity index (χ3n) is 4.24. The molecule has 26 heavy (non-hydrogen) atoms. The Labute approximate surface area is 159 Å². The van der Waals surface area contributed by atoms with Gasteiger partial charge < -0.3 is 25.0 Å². The maximum atomic E-state index is 12.0. The normalized spacial score (nSPS) is 14.8. The average Bonchev–Trinajstić information content (AvgIpc) is 2.62. The van der Waals surface area contributed by atoms with Gasteiger partial charge in [0.05, 0.1) is 18.7 Å². The van der Waals surface area contributed by atoms with Crippen molar-refractivity contribution in [2.45, 2.75) is 32.2 Å². The Morgan fingerprint density at radius 1 is 1.31 bits per heavy atom. The molecule has 8 heteroatoms. The first-order valence-corrected chi connectivity index (χ1v) is 9.19. The van der Waals surface area contributed by atoms with E-state index in [1.807, 2.05) is 0 Å². The molecule has 7 nitrogen and oxygen atoms in total. The summed E-state index contributed by atoms with van der Waals surface area (Å²) in [4.78, 5) is 25.4. The molecule has 1 saturated heterocycles. The Morgan fingerprint density at radius 2 is 2.04 bits per heavy atom. The van der Waals surface area contributed by atoms with Crippen LogP contribution in [-0.2, 0) is 9.53 Å². The molecular formula is C18H26ClN3O4. The van der Waals surface area contributed by atoms with Crippen LogP contribution in [0.25, 0.3) is 0 Å². The lowest BCUT2D eigenvalue weighted by molar-refractivity contribution is -0.116. The molecule has 0 unspecified atom stereocenters. The van der Waals surface area contributed by atoms with Crippen molar-refractivity contribution in [2.24, 2.45) is 0 Å². The molecule has 1 heterocycles. The number of amides is 2. The number of nitrogens with one attached hydrogen (secondary N) is 2. The summed E-state index contributed by atoms with van der Waals surface area (Å²) in [5.41, 5.74) is 0.642. The van der Waals surface area contributed by atoms with Gasteiger partial charge >= 0.3 is 6.09 Å². The first kappa shape index (κ1) is 20.3. The lowest BCUT2D eigenvalue weighted by Crippen LogP contribution is -2.45. The molecule has 2 N–H and O–H groups in total. The van der Waals surface area contributed by atoms with E-state index < -0.39 is 0 Å². The average molecular weight is 384 g/mol. The van der Waals surface area contributed by atoms with Crippen LogP contribution in [0.2, 0.25) is 5.02 Å². The van der Waals surface area contributed by atoms with Crippen LogP contribution in [0, 0.1) is 0 Å². The Balaban J connectivity index is 1.66. The Morgan fingerprint density at radius 3 is 2.65 bits per heavy atom. The van der Waals surface area contributed by atoms with Gasteiger partial charge in [-0.05, 0) is 38.0 Å². The maximum Gasteiger partial charge on any atom is 0.409 e. The molecule has 0 atom stereocenters. The summed E-state index contributed by atoms with van der Waals surface area (Å²) >= 11 is 6.05. The molecule has 2 rings (SSSR count). The van der Waals surface area contributed by atoms with Crippen LogP contribution in [0.3, 0.4) is 0 Å². The summed E-state index contributed by atoms with van der Waals surface area (Å²) in [6, 6.07) is 5.44. The second-order valence-corrected chi connectivity index (χ2v) is 6.47. The van der Waals surface area contributed by atoms with Gasteiger partial charge in [0.15, 0.2) is 0 Å². The van der Waals surface area contributed by atoms with Gasteiger partial charge in [-0.25, -0.2) is 4.79 Å². The fraction of sp³-hybridized carbons (Fsp3) is 0.556. The quantitative estimate of drug-likeness (QED) is 0.756. The molecule has 0 bridgehead atoms. The van der Waals surface area contributed by atoms with Gasteiger partial charge in [-0.2, -0.15) is 0 Å². The van der Waals surface area contributed by atoms with Gasteiger partial charge in [0.2, 0.25) is 5.91 Å². The Bertz CT molecular complexity index is 618. The molecule has 1 fully saturated rings.